The van der Waals surface area contributed by atoms with Gasteiger partial charge < -0.3 is 10.4 Å². The largest absolute Gasteiger partial charge is 0.480 e. The van der Waals surface area contributed by atoms with Crippen LogP contribution in [0.15, 0.2) is 12.3 Å². The number of hydrogen-bond donors (Lipinski definition) is 2. The molecule has 0 saturated carbocycles. The molecule has 118 valence electrons. The lowest BCUT2D eigenvalue weighted by Crippen LogP contribution is -2.42. The fourth-order valence-electron chi connectivity index (χ4n) is 1.65. The number of hydrogen-bond acceptors (Lipinski definition) is 3. The van der Waals surface area contributed by atoms with Crippen molar-refractivity contribution in [3.05, 3.63) is 18.0 Å². The molecule has 0 aliphatic heterocycles. The highest BCUT2D eigenvalue weighted by atomic mass is 19.4. The Morgan fingerprint density at radius 1 is 1.48 bits per heavy atom. The summed E-state index contributed by atoms with van der Waals surface area (Å²) >= 11 is 0. The van der Waals surface area contributed by atoms with Gasteiger partial charge >= 0.3 is 12.1 Å². The number of carbonyl (C=O) groups excluding carboxylic acids is 1. The monoisotopic (exact) mass is 307 g/mol. The van der Waals surface area contributed by atoms with E-state index in [1.807, 2.05) is 6.92 Å². The molecular formula is C12H16F3N3O3. The Kier molecular flexibility index (Phi) is 5.74. The summed E-state index contributed by atoms with van der Waals surface area (Å²) in [5, 5.41) is 14.4. The van der Waals surface area contributed by atoms with Gasteiger partial charge in [-0.1, -0.05) is 19.8 Å². The van der Waals surface area contributed by atoms with Gasteiger partial charge in [0.2, 0.25) is 5.91 Å². The van der Waals surface area contributed by atoms with E-state index >= 15 is 0 Å². The lowest BCUT2D eigenvalue weighted by molar-refractivity contribution is -0.142. The number of unbranched alkanes of at least 4 members (excludes halogenated alkanes) is 1. The van der Waals surface area contributed by atoms with Crippen LogP contribution in [0.5, 0.6) is 0 Å². The third-order valence-electron chi connectivity index (χ3n) is 2.72. The van der Waals surface area contributed by atoms with Crippen molar-refractivity contribution < 1.29 is 27.9 Å². The number of halogens is 3. The second-order valence-electron chi connectivity index (χ2n) is 4.50. The molecule has 21 heavy (non-hydrogen) atoms. The Morgan fingerprint density at radius 2 is 2.14 bits per heavy atom. The van der Waals surface area contributed by atoms with Gasteiger partial charge in [-0.2, -0.15) is 18.3 Å². The van der Waals surface area contributed by atoms with Gasteiger partial charge in [-0.25, -0.2) is 4.79 Å². The Balaban J connectivity index is 2.60. The van der Waals surface area contributed by atoms with Gasteiger partial charge in [-0.05, 0) is 12.5 Å². The molecule has 0 aliphatic rings. The molecule has 1 rings (SSSR count). The summed E-state index contributed by atoms with van der Waals surface area (Å²) in [7, 11) is 0. The summed E-state index contributed by atoms with van der Waals surface area (Å²) in [6.45, 7) is 1.41. The first-order valence-corrected chi connectivity index (χ1v) is 6.37. The van der Waals surface area contributed by atoms with E-state index in [4.69, 9.17) is 5.11 Å². The van der Waals surface area contributed by atoms with Crippen LogP contribution in [0.3, 0.4) is 0 Å². The predicted octanol–water partition coefficient (Wildman–Crippen LogP) is 1.66. The van der Waals surface area contributed by atoms with Gasteiger partial charge in [-0.3, -0.25) is 9.48 Å². The third-order valence-corrected chi connectivity index (χ3v) is 2.72. The van der Waals surface area contributed by atoms with Crippen molar-refractivity contribution in [2.75, 3.05) is 0 Å². The van der Waals surface area contributed by atoms with Crippen LogP contribution in [0.2, 0.25) is 0 Å². The van der Waals surface area contributed by atoms with E-state index in [-0.39, 0.29) is 6.42 Å². The minimum atomic E-state index is -4.58. The van der Waals surface area contributed by atoms with E-state index in [9.17, 15) is 22.8 Å². The van der Waals surface area contributed by atoms with Crippen LogP contribution < -0.4 is 5.32 Å². The molecule has 9 heteroatoms. The molecule has 0 fully saturated rings. The number of carbonyl (C=O) groups is 2. The molecule has 1 amide bonds. The molecule has 0 aliphatic carbocycles. The maximum absolute atomic E-state index is 12.3. The summed E-state index contributed by atoms with van der Waals surface area (Å²) < 4.78 is 37.8. The lowest BCUT2D eigenvalue weighted by Gasteiger charge is -2.14. The van der Waals surface area contributed by atoms with Gasteiger partial charge in [-0.15, -0.1) is 0 Å². The smallest absolute Gasteiger partial charge is 0.435 e. The first kappa shape index (κ1) is 17.0. The molecule has 1 aromatic heterocycles. The summed E-state index contributed by atoms with van der Waals surface area (Å²) in [6.07, 6.45) is -1.90. The van der Waals surface area contributed by atoms with Crippen molar-refractivity contribution >= 4 is 11.9 Å². The highest BCUT2D eigenvalue weighted by Gasteiger charge is 2.33. The standard InChI is InChI=1S/C12H16F3N3O3/c1-2-3-4-8(11(20)21)16-10(19)7-18-6-5-9(17-18)12(13,14)15/h5-6,8H,2-4,7H2,1H3,(H,16,19)(H,20,21)/t8-/m0/s1. The van der Waals surface area contributed by atoms with Crippen molar-refractivity contribution in [2.45, 2.75) is 44.9 Å². The normalized spacial score (nSPS) is 13.0. The van der Waals surface area contributed by atoms with Crippen LogP contribution in [0.1, 0.15) is 31.9 Å². The van der Waals surface area contributed by atoms with Crippen LogP contribution in [-0.4, -0.2) is 32.8 Å². The van der Waals surface area contributed by atoms with Crippen molar-refractivity contribution in [2.24, 2.45) is 0 Å². The quantitative estimate of drug-likeness (QED) is 0.802. The van der Waals surface area contributed by atoms with Gasteiger partial charge in [0.15, 0.2) is 5.69 Å². The van der Waals surface area contributed by atoms with Crippen molar-refractivity contribution in [3.63, 3.8) is 0 Å². The van der Waals surface area contributed by atoms with E-state index in [0.29, 0.717) is 6.42 Å². The van der Waals surface area contributed by atoms with E-state index in [0.717, 1.165) is 23.4 Å². The molecule has 1 heterocycles. The molecule has 0 aromatic carbocycles. The number of alkyl halides is 3. The van der Waals surface area contributed by atoms with Crippen LogP contribution in [0.25, 0.3) is 0 Å². The average Bonchev–Trinajstić information content (AvgIpc) is 2.82. The van der Waals surface area contributed by atoms with Crippen LogP contribution >= 0.6 is 0 Å². The Morgan fingerprint density at radius 3 is 2.62 bits per heavy atom. The zero-order valence-electron chi connectivity index (χ0n) is 11.4. The number of carboxylic acid groups (broad SMARTS) is 1. The Hall–Kier alpha value is -2.06. The number of amides is 1. The zero-order chi connectivity index (χ0) is 16.0. The topological polar surface area (TPSA) is 84.2 Å². The zero-order valence-corrected chi connectivity index (χ0v) is 11.4. The molecule has 0 radical (unpaired) electrons. The molecule has 0 bridgehead atoms. The maximum atomic E-state index is 12.3. The molecule has 1 aromatic rings. The molecule has 0 spiro atoms. The second-order valence-corrected chi connectivity index (χ2v) is 4.50. The van der Waals surface area contributed by atoms with Crippen LogP contribution in [-0.2, 0) is 22.3 Å². The maximum Gasteiger partial charge on any atom is 0.435 e. The minimum absolute atomic E-state index is 0.268. The number of rotatable bonds is 7. The second kappa shape index (κ2) is 7.09. The van der Waals surface area contributed by atoms with Crippen molar-refractivity contribution in [1.82, 2.24) is 15.1 Å². The van der Waals surface area contributed by atoms with E-state index in [2.05, 4.69) is 10.4 Å². The fraction of sp³-hybridized carbons (Fsp3) is 0.583. The highest BCUT2D eigenvalue weighted by molar-refractivity contribution is 5.83. The lowest BCUT2D eigenvalue weighted by atomic mass is 10.1. The van der Waals surface area contributed by atoms with Crippen molar-refractivity contribution in [3.8, 4) is 0 Å². The predicted molar refractivity (Wildman–Crippen MR) is 66.3 cm³/mol. The number of aliphatic carboxylic acids is 1. The van der Waals surface area contributed by atoms with Crippen LogP contribution in [0.4, 0.5) is 13.2 Å². The Bertz CT molecular complexity index is 499. The highest BCUT2D eigenvalue weighted by Crippen LogP contribution is 2.27. The number of aromatic nitrogens is 2. The first-order valence-electron chi connectivity index (χ1n) is 6.37. The van der Waals surface area contributed by atoms with Crippen molar-refractivity contribution in [1.29, 1.82) is 0 Å². The summed E-state index contributed by atoms with van der Waals surface area (Å²) in [6, 6.07) is -0.297. The molecule has 2 N–H and O–H groups in total. The minimum Gasteiger partial charge on any atom is -0.480 e. The van der Waals surface area contributed by atoms with Gasteiger partial charge in [0.05, 0.1) is 0 Å². The Labute approximate surface area is 118 Å². The SMILES string of the molecule is CCCC[C@H](NC(=O)Cn1ccc(C(F)(F)F)n1)C(=O)O. The van der Waals surface area contributed by atoms with E-state index < -0.39 is 36.3 Å². The number of nitrogens with one attached hydrogen (secondary N) is 1. The van der Waals surface area contributed by atoms with Gasteiger partial charge in [0, 0.05) is 6.20 Å². The number of nitrogens with zero attached hydrogens (tertiary/aromatic N) is 2. The third kappa shape index (κ3) is 5.44. The molecule has 0 saturated heterocycles. The fourth-order valence-corrected chi connectivity index (χ4v) is 1.65. The van der Waals surface area contributed by atoms with E-state index in [1.165, 1.54) is 0 Å². The molecule has 6 nitrogen and oxygen atoms in total. The molecule has 1 atom stereocenters. The molecular weight excluding hydrogens is 291 g/mol. The average molecular weight is 307 g/mol. The summed E-state index contributed by atoms with van der Waals surface area (Å²) in [5.74, 6) is -1.87. The molecule has 0 unspecified atom stereocenters. The van der Waals surface area contributed by atoms with Gasteiger partial charge in [0.25, 0.3) is 0 Å². The number of carboxylic acids is 1. The van der Waals surface area contributed by atoms with Crippen LogP contribution in [0, 0.1) is 0 Å². The van der Waals surface area contributed by atoms with E-state index in [1.54, 1.807) is 0 Å². The first-order chi connectivity index (χ1) is 9.74. The summed E-state index contributed by atoms with van der Waals surface area (Å²) in [5.41, 5.74) is -1.10. The van der Waals surface area contributed by atoms with Gasteiger partial charge in [0.1, 0.15) is 12.6 Å². The summed E-state index contributed by atoms with van der Waals surface area (Å²) in [4.78, 5) is 22.6.